The van der Waals surface area contributed by atoms with Crippen molar-refractivity contribution in [2.45, 2.75) is 26.3 Å². The van der Waals surface area contributed by atoms with Crippen LogP contribution in [0.2, 0.25) is 0 Å². The van der Waals surface area contributed by atoms with Gasteiger partial charge in [-0.05, 0) is 68.4 Å². The van der Waals surface area contributed by atoms with E-state index in [2.05, 4.69) is 38.0 Å². The summed E-state index contributed by atoms with van der Waals surface area (Å²) in [6.45, 7) is 4.73. The van der Waals surface area contributed by atoms with Crippen LogP contribution in [0, 0.1) is 18.7 Å². The van der Waals surface area contributed by atoms with Crippen molar-refractivity contribution in [2.24, 2.45) is 5.92 Å². The monoisotopic (exact) mass is 557 g/mol. The van der Waals surface area contributed by atoms with Gasteiger partial charge in [-0.3, -0.25) is 0 Å². The first-order valence-electron chi connectivity index (χ1n) is 13.4. The lowest BCUT2D eigenvalue weighted by molar-refractivity contribution is 0.202. The number of thiazole rings is 1. The Morgan fingerprint density at radius 1 is 1.15 bits per heavy atom. The van der Waals surface area contributed by atoms with E-state index < -0.39 is 0 Å². The molecule has 1 saturated heterocycles. The Balaban J connectivity index is 1.31. The Kier molecular flexibility index (Phi) is 7.20. The molecule has 0 amide bonds. The van der Waals surface area contributed by atoms with E-state index in [1.54, 1.807) is 0 Å². The largest absolute Gasteiger partial charge is 0.496 e. The number of hydrogen-bond donors (Lipinski definition) is 1. The normalized spacial score (nSPS) is 17.3. The van der Waals surface area contributed by atoms with Gasteiger partial charge in [0.1, 0.15) is 40.2 Å². The van der Waals surface area contributed by atoms with Crippen molar-refractivity contribution in [3.8, 4) is 0 Å². The lowest BCUT2D eigenvalue weighted by atomic mass is 9.88. The van der Waals surface area contributed by atoms with Gasteiger partial charge in [-0.1, -0.05) is 29.5 Å². The summed E-state index contributed by atoms with van der Waals surface area (Å²) in [5.41, 5.74) is 12.0. The summed E-state index contributed by atoms with van der Waals surface area (Å²) in [5.74, 6) is 2.63. The summed E-state index contributed by atoms with van der Waals surface area (Å²) in [5, 5.41) is 0.525. The van der Waals surface area contributed by atoms with Gasteiger partial charge >= 0.3 is 0 Å². The third kappa shape index (κ3) is 5.55. The highest BCUT2D eigenvalue weighted by Crippen LogP contribution is 2.36. The first-order chi connectivity index (χ1) is 19.3. The minimum atomic E-state index is -0.240. The number of nitrogens with two attached hydrogens (primary N) is 1. The van der Waals surface area contributed by atoms with Crippen LogP contribution in [-0.2, 0) is 17.7 Å². The van der Waals surface area contributed by atoms with Crippen LogP contribution in [0.15, 0.2) is 54.4 Å². The molecule has 0 spiro atoms. The molecule has 10 heteroatoms. The molecule has 2 N–H and O–H groups in total. The van der Waals surface area contributed by atoms with E-state index in [-0.39, 0.29) is 11.7 Å². The van der Waals surface area contributed by atoms with E-state index in [0.717, 1.165) is 63.1 Å². The van der Waals surface area contributed by atoms with Crippen LogP contribution in [0.5, 0.6) is 0 Å². The van der Waals surface area contributed by atoms with Crippen molar-refractivity contribution in [3.63, 3.8) is 0 Å². The van der Waals surface area contributed by atoms with Gasteiger partial charge in [-0.2, -0.15) is 0 Å². The highest BCUT2D eigenvalue weighted by molar-refractivity contribution is 7.21. The predicted octanol–water partition coefficient (Wildman–Crippen LogP) is 4.99. The molecule has 6 rings (SSSR count). The summed E-state index contributed by atoms with van der Waals surface area (Å²) in [6.07, 6.45) is 7.57. The van der Waals surface area contributed by atoms with Gasteiger partial charge in [0.05, 0.1) is 13.1 Å². The summed E-state index contributed by atoms with van der Waals surface area (Å²) < 4.78 is 19.9. The second-order valence-corrected chi connectivity index (χ2v) is 11.6. The second-order valence-electron chi connectivity index (χ2n) is 10.6. The molecule has 0 bridgehead atoms. The Bertz CT molecular complexity index is 1610. The van der Waals surface area contributed by atoms with E-state index in [4.69, 9.17) is 20.4 Å². The zero-order valence-electron chi connectivity index (χ0n) is 22.9. The molecule has 0 saturated carbocycles. The van der Waals surface area contributed by atoms with E-state index in [1.165, 1.54) is 29.0 Å². The van der Waals surface area contributed by atoms with E-state index in [9.17, 15) is 4.39 Å². The Morgan fingerprint density at radius 3 is 2.77 bits per heavy atom. The molecule has 1 atom stereocenters. The molecular weight excluding hydrogens is 525 g/mol. The average Bonchev–Trinajstić information content (AvgIpc) is 3.16. The van der Waals surface area contributed by atoms with Crippen LogP contribution in [-0.4, -0.2) is 58.6 Å². The third-order valence-electron chi connectivity index (χ3n) is 7.31. The standard InChI is InChI=1S/C30H32FN7OS/c1-18-24(12-19-4-7-23(31)8-5-19)28(36-27(34-18)17-37(2)3)38-10-11-39-26-9-6-20(13-22(26)16-38)21-14-25-29(33-15-21)40-30(32)35-25/h4-9,14-15,22H,10-13,16-17H2,1-3H3,(H2,32,35). The molecule has 40 heavy (non-hydrogen) atoms. The summed E-state index contributed by atoms with van der Waals surface area (Å²) in [7, 11) is 4.04. The smallest absolute Gasteiger partial charge is 0.182 e. The molecule has 2 aliphatic rings. The summed E-state index contributed by atoms with van der Waals surface area (Å²) >= 11 is 1.40. The summed E-state index contributed by atoms with van der Waals surface area (Å²) in [6, 6.07) is 8.74. The number of fused-ring (bicyclic) bond motifs is 2. The molecule has 1 fully saturated rings. The third-order valence-corrected chi connectivity index (χ3v) is 8.12. The number of aryl methyl sites for hydroxylation is 1. The number of rotatable bonds is 6. The fourth-order valence-electron chi connectivity index (χ4n) is 5.39. The van der Waals surface area contributed by atoms with Gasteiger partial charge in [0.2, 0.25) is 0 Å². The average molecular weight is 558 g/mol. The zero-order chi connectivity index (χ0) is 27.8. The maximum atomic E-state index is 13.6. The Labute approximate surface area is 237 Å². The lowest BCUT2D eigenvalue weighted by Crippen LogP contribution is -2.33. The minimum absolute atomic E-state index is 0.157. The van der Waals surface area contributed by atoms with Gasteiger partial charge in [-0.25, -0.2) is 24.3 Å². The SMILES string of the molecule is Cc1nc(CN(C)C)nc(N2CCOC3=CC=C(c4cnc5sc(N)nc5c4)CC3C2)c1Cc1ccc(F)cc1. The number of ether oxygens (including phenoxy) is 1. The quantitative estimate of drug-likeness (QED) is 0.355. The lowest BCUT2D eigenvalue weighted by Gasteiger charge is -2.29. The maximum absolute atomic E-state index is 13.6. The van der Waals surface area contributed by atoms with Crippen molar-refractivity contribution < 1.29 is 9.13 Å². The minimum Gasteiger partial charge on any atom is -0.496 e. The molecule has 206 valence electrons. The van der Waals surface area contributed by atoms with Crippen LogP contribution in [0.1, 0.15) is 34.6 Å². The van der Waals surface area contributed by atoms with Gasteiger partial charge in [0.15, 0.2) is 5.13 Å². The van der Waals surface area contributed by atoms with Gasteiger partial charge < -0.3 is 20.3 Å². The Hall–Kier alpha value is -3.89. The van der Waals surface area contributed by atoms with Crippen LogP contribution >= 0.6 is 11.3 Å². The van der Waals surface area contributed by atoms with Crippen molar-refractivity contribution in [1.29, 1.82) is 0 Å². The molecule has 4 aromatic rings. The topological polar surface area (TPSA) is 93.3 Å². The Morgan fingerprint density at radius 2 is 1.98 bits per heavy atom. The molecule has 0 radical (unpaired) electrons. The molecular formula is C30H32FN7OS. The van der Waals surface area contributed by atoms with Crippen molar-refractivity contribution in [3.05, 3.63) is 88.5 Å². The molecule has 8 nitrogen and oxygen atoms in total. The number of halogens is 1. The van der Waals surface area contributed by atoms with E-state index >= 15 is 0 Å². The van der Waals surface area contributed by atoms with Crippen molar-refractivity contribution >= 4 is 38.2 Å². The number of nitrogen functional groups attached to an aromatic ring is 1. The number of benzene rings is 1. The fourth-order valence-corrected chi connectivity index (χ4v) is 6.05. The molecule has 1 unspecified atom stereocenters. The number of pyridine rings is 1. The van der Waals surface area contributed by atoms with E-state index in [1.807, 2.05) is 39.3 Å². The first-order valence-corrected chi connectivity index (χ1v) is 14.2. The molecule has 1 aromatic carbocycles. The number of anilines is 2. The number of allylic oxidation sites excluding steroid dienone is 3. The number of aromatic nitrogens is 4. The molecule has 1 aliphatic heterocycles. The highest BCUT2D eigenvalue weighted by Gasteiger charge is 2.30. The van der Waals surface area contributed by atoms with Crippen LogP contribution in [0.3, 0.4) is 0 Å². The van der Waals surface area contributed by atoms with Crippen LogP contribution in [0.4, 0.5) is 15.3 Å². The van der Waals surface area contributed by atoms with Crippen molar-refractivity contribution in [2.75, 3.05) is 44.4 Å². The molecule has 4 heterocycles. The van der Waals surface area contributed by atoms with Gasteiger partial charge in [0, 0.05) is 36.3 Å². The highest BCUT2D eigenvalue weighted by atomic mass is 32.1. The molecule has 1 aliphatic carbocycles. The number of hydrogen-bond acceptors (Lipinski definition) is 9. The van der Waals surface area contributed by atoms with Crippen LogP contribution < -0.4 is 10.6 Å². The van der Waals surface area contributed by atoms with Crippen molar-refractivity contribution in [1.82, 2.24) is 24.8 Å². The fraction of sp³-hybridized carbons (Fsp3) is 0.333. The predicted molar refractivity (Wildman–Crippen MR) is 158 cm³/mol. The first kappa shape index (κ1) is 26.3. The van der Waals surface area contributed by atoms with Gasteiger partial charge in [0.25, 0.3) is 0 Å². The molecule has 3 aromatic heterocycles. The zero-order valence-corrected chi connectivity index (χ0v) is 23.7. The number of nitrogens with zero attached hydrogens (tertiary/aromatic N) is 6. The van der Waals surface area contributed by atoms with Crippen LogP contribution in [0.25, 0.3) is 15.9 Å². The van der Waals surface area contributed by atoms with E-state index in [0.29, 0.717) is 31.2 Å². The van der Waals surface area contributed by atoms with Gasteiger partial charge in [-0.15, -0.1) is 0 Å². The second kappa shape index (κ2) is 10.9. The maximum Gasteiger partial charge on any atom is 0.182 e. The summed E-state index contributed by atoms with van der Waals surface area (Å²) in [4.78, 5) is 24.2.